The van der Waals surface area contributed by atoms with Crippen LogP contribution in [0.4, 0.5) is 0 Å². The van der Waals surface area contributed by atoms with E-state index >= 15 is 0 Å². The molecule has 0 aliphatic carbocycles. The molecule has 1 amide bonds. The Bertz CT molecular complexity index is 1040. The van der Waals surface area contributed by atoms with Crippen molar-refractivity contribution in [2.75, 3.05) is 13.7 Å². The molecule has 0 bridgehead atoms. The molecule has 1 aromatic heterocycles. The number of methoxy groups -OCH3 is 1. The Morgan fingerprint density at radius 1 is 1.11 bits per heavy atom. The number of benzene rings is 2. The van der Waals surface area contributed by atoms with Crippen LogP contribution in [0.1, 0.15) is 26.7 Å². The van der Waals surface area contributed by atoms with E-state index in [1.807, 2.05) is 13.0 Å². The number of carbonyl (C=O) groups is 1. The smallest absolute Gasteiger partial charge is 0.251 e. The SMILES string of the molecule is COc1ccc([C@H](CNC(=O)c2cccc(C)c2)S(=O)(=O)c2cccs2)cc1. The van der Waals surface area contributed by atoms with Gasteiger partial charge in [-0.15, -0.1) is 11.3 Å². The Morgan fingerprint density at radius 3 is 2.46 bits per heavy atom. The van der Waals surface area contributed by atoms with E-state index in [4.69, 9.17) is 4.74 Å². The van der Waals surface area contributed by atoms with Gasteiger partial charge >= 0.3 is 0 Å². The predicted molar refractivity (Wildman–Crippen MR) is 111 cm³/mol. The van der Waals surface area contributed by atoms with Crippen LogP contribution in [0.3, 0.4) is 0 Å². The first-order valence-corrected chi connectivity index (χ1v) is 11.1. The summed E-state index contributed by atoms with van der Waals surface area (Å²) in [4.78, 5) is 12.5. The third-order valence-corrected chi connectivity index (χ3v) is 7.90. The van der Waals surface area contributed by atoms with Crippen molar-refractivity contribution in [3.05, 3.63) is 82.7 Å². The highest BCUT2D eigenvalue weighted by molar-refractivity contribution is 7.93. The largest absolute Gasteiger partial charge is 0.497 e. The topological polar surface area (TPSA) is 72.5 Å². The van der Waals surface area contributed by atoms with E-state index in [1.54, 1.807) is 67.1 Å². The minimum atomic E-state index is -3.65. The number of sulfone groups is 1. The van der Waals surface area contributed by atoms with Crippen LogP contribution < -0.4 is 10.1 Å². The number of thiophene rings is 1. The number of amides is 1. The van der Waals surface area contributed by atoms with Crippen LogP contribution in [0.15, 0.2) is 70.3 Å². The molecule has 1 heterocycles. The lowest BCUT2D eigenvalue weighted by molar-refractivity contribution is 0.0953. The van der Waals surface area contributed by atoms with Gasteiger partial charge in [-0.05, 0) is 48.2 Å². The summed E-state index contributed by atoms with van der Waals surface area (Å²) in [6.45, 7) is 1.87. The van der Waals surface area contributed by atoms with Crippen LogP contribution >= 0.6 is 11.3 Å². The van der Waals surface area contributed by atoms with Gasteiger partial charge in [0.2, 0.25) is 0 Å². The van der Waals surface area contributed by atoms with Gasteiger partial charge < -0.3 is 10.1 Å². The number of nitrogens with one attached hydrogen (secondary N) is 1. The van der Waals surface area contributed by atoms with Gasteiger partial charge in [0.1, 0.15) is 15.2 Å². The van der Waals surface area contributed by atoms with Crippen molar-refractivity contribution in [2.24, 2.45) is 0 Å². The Hall–Kier alpha value is -2.64. The van der Waals surface area contributed by atoms with E-state index in [0.717, 1.165) is 5.56 Å². The maximum absolute atomic E-state index is 13.2. The Balaban J connectivity index is 1.89. The monoisotopic (exact) mass is 415 g/mol. The molecule has 5 nitrogen and oxygen atoms in total. The van der Waals surface area contributed by atoms with Gasteiger partial charge in [-0.25, -0.2) is 8.42 Å². The zero-order valence-electron chi connectivity index (χ0n) is 15.6. The third kappa shape index (κ3) is 4.43. The van der Waals surface area contributed by atoms with Crippen molar-refractivity contribution in [3.8, 4) is 5.75 Å². The molecule has 28 heavy (non-hydrogen) atoms. The van der Waals surface area contributed by atoms with Crippen molar-refractivity contribution >= 4 is 27.1 Å². The molecule has 3 aromatic rings. The first kappa shape index (κ1) is 20.1. The zero-order chi connectivity index (χ0) is 20.1. The molecule has 3 rings (SSSR count). The molecule has 0 radical (unpaired) electrons. The normalized spacial score (nSPS) is 12.4. The molecule has 0 saturated heterocycles. The summed E-state index contributed by atoms with van der Waals surface area (Å²) in [5.74, 6) is 0.336. The lowest BCUT2D eigenvalue weighted by Crippen LogP contribution is -2.31. The first-order valence-electron chi connectivity index (χ1n) is 8.68. The van der Waals surface area contributed by atoms with Gasteiger partial charge in [0.15, 0.2) is 9.84 Å². The highest BCUT2D eigenvalue weighted by Crippen LogP contribution is 2.32. The average molecular weight is 416 g/mol. The highest BCUT2D eigenvalue weighted by Gasteiger charge is 2.30. The fourth-order valence-corrected chi connectivity index (χ4v) is 5.73. The van der Waals surface area contributed by atoms with Crippen molar-refractivity contribution in [3.63, 3.8) is 0 Å². The van der Waals surface area contributed by atoms with Crippen LogP contribution in [0.5, 0.6) is 5.75 Å². The number of carbonyl (C=O) groups excluding carboxylic acids is 1. The standard InChI is InChI=1S/C21H21NO4S2/c1-15-5-3-6-17(13-15)21(23)22-14-19(16-8-10-18(26-2)11-9-16)28(24,25)20-7-4-12-27-20/h3-13,19H,14H2,1-2H3,(H,22,23)/t19-/m0/s1. The summed E-state index contributed by atoms with van der Waals surface area (Å²) >= 11 is 1.17. The number of hydrogen-bond acceptors (Lipinski definition) is 5. The summed E-state index contributed by atoms with van der Waals surface area (Å²) in [6.07, 6.45) is 0. The highest BCUT2D eigenvalue weighted by atomic mass is 32.2. The van der Waals surface area contributed by atoms with E-state index < -0.39 is 15.1 Å². The molecule has 0 unspecified atom stereocenters. The summed E-state index contributed by atoms with van der Waals surface area (Å²) in [5.41, 5.74) is 2.06. The first-order chi connectivity index (χ1) is 13.4. The molecular formula is C21H21NO4S2. The van der Waals surface area contributed by atoms with E-state index in [9.17, 15) is 13.2 Å². The Labute approximate surface area is 168 Å². The average Bonchev–Trinajstić information content (AvgIpc) is 3.24. The molecule has 1 atom stereocenters. The number of rotatable bonds is 7. The van der Waals surface area contributed by atoms with Crippen LogP contribution in [-0.2, 0) is 9.84 Å². The number of ether oxygens (including phenoxy) is 1. The maximum Gasteiger partial charge on any atom is 0.251 e. The third-order valence-electron chi connectivity index (χ3n) is 4.37. The minimum Gasteiger partial charge on any atom is -0.497 e. The molecule has 0 aliphatic heterocycles. The summed E-state index contributed by atoms with van der Waals surface area (Å²) < 4.78 is 31.8. The van der Waals surface area contributed by atoms with Gasteiger partial charge in [0.05, 0.1) is 7.11 Å². The summed E-state index contributed by atoms with van der Waals surface area (Å²) in [5, 5.41) is 3.60. The van der Waals surface area contributed by atoms with E-state index in [1.165, 1.54) is 11.3 Å². The lowest BCUT2D eigenvalue weighted by Gasteiger charge is -2.18. The maximum atomic E-state index is 13.2. The van der Waals surface area contributed by atoms with Gasteiger partial charge in [-0.1, -0.05) is 35.9 Å². The van der Waals surface area contributed by atoms with Gasteiger partial charge in [-0.2, -0.15) is 0 Å². The lowest BCUT2D eigenvalue weighted by atomic mass is 10.1. The predicted octanol–water partition coefficient (Wildman–Crippen LogP) is 4.01. The van der Waals surface area contributed by atoms with Crippen molar-refractivity contribution < 1.29 is 17.9 Å². The van der Waals surface area contributed by atoms with Crippen molar-refractivity contribution in [1.29, 1.82) is 0 Å². The number of hydrogen-bond donors (Lipinski definition) is 1. The fourth-order valence-electron chi connectivity index (χ4n) is 2.86. The second-order valence-electron chi connectivity index (χ2n) is 6.32. The Morgan fingerprint density at radius 2 is 1.86 bits per heavy atom. The van der Waals surface area contributed by atoms with E-state index in [-0.39, 0.29) is 16.7 Å². The molecule has 146 valence electrons. The second kappa shape index (κ2) is 8.58. The van der Waals surface area contributed by atoms with Gasteiger partial charge in [0.25, 0.3) is 5.91 Å². The van der Waals surface area contributed by atoms with Gasteiger partial charge in [0, 0.05) is 12.1 Å². The van der Waals surface area contributed by atoms with Crippen LogP contribution in [0.2, 0.25) is 0 Å². The molecule has 1 N–H and O–H groups in total. The summed E-state index contributed by atoms with van der Waals surface area (Å²) in [6, 6.07) is 17.3. The number of aryl methyl sites for hydroxylation is 1. The molecular weight excluding hydrogens is 394 g/mol. The molecule has 0 fully saturated rings. The molecule has 2 aromatic carbocycles. The molecule has 0 spiro atoms. The summed E-state index contributed by atoms with van der Waals surface area (Å²) in [7, 11) is -2.10. The molecule has 0 aliphatic rings. The Kier molecular flexibility index (Phi) is 6.16. The van der Waals surface area contributed by atoms with E-state index in [2.05, 4.69) is 5.32 Å². The molecule has 7 heteroatoms. The molecule has 0 saturated carbocycles. The fraction of sp³-hybridized carbons (Fsp3) is 0.190. The zero-order valence-corrected chi connectivity index (χ0v) is 17.2. The van der Waals surface area contributed by atoms with Crippen LogP contribution in [0, 0.1) is 6.92 Å². The minimum absolute atomic E-state index is 0.0284. The quantitative estimate of drug-likeness (QED) is 0.633. The van der Waals surface area contributed by atoms with Crippen molar-refractivity contribution in [2.45, 2.75) is 16.4 Å². The second-order valence-corrected chi connectivity index (χ2v) is 9.62. The van der Waals surface area contributed by atoms with Crippen LogP contribution in [0.25, 0.3) is 0 Å². The van der Waals surface area contributed by atoms with Gasteiger partial charge in [-0.3, -0.25) is 4.79 Å². The van der Waals surface area contributed by atoms with E-state index in [0.29, 0.717) is 16.9 Å². The van der Waals surface area contributed by atoms with Crippen LogP contribution in [-0.4, -0.2) is 28.0 Å². The van der Waals surface area contributed by atoms with Crippen molar-refractivity contribution in [1.82, 2.24) is 5.32 Å².